The molecule has 0 aliphatic carbocycles. The van der Waals surface area contributed by atoms with Crippen LogP contribution in [0.3, 0.4) is 0 Å². The number of benzene rings is 1. The second-order valence-corrected chi connectivity index (χ2v) is 6.30. The monoisotopic (exact) mass is 396 g/mol. The van der Waals surface area contributed by atoms with Crippen molar-refractivity contribution >= 4 is 5.91 Å². The molecule has 1 aromatic carbocycles. The Balaban J connectivity index is 1.63. The molecule has 5 nitrogen and oxygen atoms in total. The smallest absolute Gasteiger partial charge is 0.422 e. The molecule has 1 aromatic heterocycles. The average Bonchev–Trinajstić information content (AvgIpc) is 2.64. The van der Waals surface area contributed by atoms with Gasteiger partial charge in [-0.15, -0.1) is 0 Å². The molecule has 152 valence electrons. The van der Waals surface area contributed by atoms with E-state index in [9.17, 15) is 18.0 Å². The number of unbranched alkanes of at least 4 members (excludes halogenated alkanes) is 1. The number of nitrogens with one attached hydrogen (secondary N) is 1. The highest BCUT2D eigenvalue weighted by molar-refractivity contribution is 5.75. The summed E-state index contributed by atoms with van der Waals surface area (Å²) in [6.07, 6.45) is -1.32. The summed E-state index contributed by atoms with van der Waals surface area (Å²) in [5.74, 6) is 0.549. The number of aryl methyl sites for hydroxylation is 1. The Bertz CT molecular complexity index is 766. The topological polar surface area (TPSA) is 60.5 Å². The molecule has 8 heteroatoms. The van der Waals surface area contributed by atoms with E-state index in [2.05, 4.69) is 15.0 Å². The van der Waals surface area contributed by atoms with Crippen molar-refractivity contribution in [3.63, 3.8) is 0 Å². The van der Waals surface area contributed by atoms with Gasteiger partial charge in [-0.1, -0.05) is 12.1 Å². The fourth-order valence-corrected chi connectivity index (χ4v) is 2.37. The van der Waals surface area contributed by atoms with E-state index in [0.717, 1.165) is 17.7 Å². The highest BCUT2D eigenvalue weighted by Crippen LogP contribution is 2.17. The minimum atomic E-state index is -4.42. The van der Waals surface area contributed by atoms with Crippen LogP contribution in [0.5, 0.6) is 11.6 Å². The zero-order chi connectivity index (χ0) is 20.4. The van der Waals surface area contributed by atoms with Gasteiger partial charge < -0.3 is 14.8 Å². The summed E-state index contributed by atoms with van der Waals surface area (Å²) >= 11 is 0. The number of alkyl halides is 3. The van der Waals surface area contributed by atoms with Crippen molar-refractivity contribution in [2.75, 3.05) is 13.2 Å². The summed E-state index contributed by atoms with van der Waals surface area (Å²) < 4.78 is 46.7. The molecular formula is C20H23F3N2O3. The first-order valence-electron chi connectivity index (χ1n) is 8.92. The van der Waals surface area contributed by atoms with Gasteiger partial charge in [-0.25, -0.2) is 4.98 Å². The summed E-state index contributed by atoms with van der Waals surface area (Å²) in [5, 5.41) is 2.73. The third kappa shape index (κ3) is 8.75. The Kier molecular flexibility index (Phi) is 8.10. The molecule has 0 saturated heterocycles. The van der Waals surface area contributed by atoms with Gasteiger partial charge in [0.2, 0.25) is 11.8 Å². The van der Waals surface area contributed by atoms with Crippen molar-refractivity contribution in [2.24, 2.45) is 0 Å². The number of nitrogens with zero attached hydrogens (tertiary/aromatic N) is 1. The molecule has 28 heavy (non-hydrogen) atoms. The lowest BCUT2D eigenvalue weighted by molar-refractivity contribution is -0.154. The molecule has 0 aliphatic heterocycles. The number of ether oxygens (including phenoxy) is 2. The van der Waals surface area contributed by atoms with Crippen molar-refractivity contribution in [3.05, 3.63) is 53.7 Å². The minimum absolute atomic E-state index is 0.127. The number of aromatic nitrogens is 1. The van der Waals surface area contributed by atoms with Gasteiger partial charge in [0, 0.05) is 25.2 Å². The first-order chi connectivity index (χ1) is 13.3. The van der Waals surface area contributed by atoms with E-state index in [4.69, 9.17) is 4.74 Å². The minimum Gasteiger partial charge on any atom is -0.494 e. The molecule has 0 saturated carbocycles. The van der Waals surface area contributed by atoms with Crippen LogP contribution in [0.4, 0.5) is 13.2 Å². The SMILES string of the molecule is Cc1cccc(OCCCCC(=O)NCc2ccnc(OCC(F)(F)F)c2)c1. The first-order valence-corrected chi connectivity index (χ1v) is 8.92. The molecular weight excluding hydrogens is 373 g/mol. The van der Waals surface area contributed by atoms with Gasteiger partial charge in [-0.2, -0.15) is 13.2 Å². The van der Waals surface area contributed by atoms with Gasteiger partial charge in [0.05, 0.1) is 6.61 Å². The number of halogens is 3. The van der Waals surface area contributed by atoms with Gasteiger partial charge in [0.1, 0.15) is 5.75 Å². The maximum Gasteiger partial charge on any atom is 0.422 e. The molecule has 0 spiro atoms. The van der Waals surface area contributed by atoms with E-state index < -0.39 is 12.8 Å². The normalized spacial score (nSPS) is 11.1. The fraction of sp³-hybridized carbons (Fsp3) is 0.400. The van der Waals surface area contributed by atoms with Gasteiger partial charge in [0.15, 0.2) is 6.61 Å². The van der Waals surface area contributed by atoms with Gasteiger partial charge in [-0.3, -0.25) is 4.79 Å². The van der Waals surface area contributed by atoms with Crippen molar-refractivity contribution in [1.29, 1.82) is 0 Å². The predicted octanol–water partition coefficient (Wildman–Crippen LogP) is 4.20. The number of pyridine rings is 1. The molecule has 0 unspecified atom stereocenters. The summed E-state index contributed by atoms with van der Waals surface area (Å²) in [6.45, 7) is 1.32. The molecule has 2 aromatic rings. The van der Waals surface area contributed by atoms with Crippen LogP contribution >= 0.6 is 0 Å². The maximum atomic E-state index is 12.2. The Morgan fingerprint density at radius 3 is 2.71 bits per heavy atom. The van der Waals surface area contributed by atoms with E-state index >= 15 is 0 Å². The number of hydrogen-bond donors (Lipinski definition) is 1. The molecule has 0 atom stereocenters. The quantitative estimate of drug-likeness (QED) is 0.612. The Morgan fingerprint density at radius 1 is 1.14 bits per heavy atom. The van der Waals surface area contributed by atoms with Crippen LogP contribution in [0.2, 0.25) is 0 Å². The number of rotatable bonds is 10. The zero-order valence-corrected chi connectivity index (χ0v) is 15.6. The molecule has 0 aliphatic rings. The predicted molar refractivity (Wildman–Crippen MR) is 98.2 cm³/mol. The summed E-state index contributed by atoms with van der Waals surface area (Å²) in [7, 11) is 0. The number of carbonyl (C=O) groups is 1. The first kappa shape index (κ1) is 21.5. The van der Waals surface area contributed by atoms with E-state index in [0.29, 0.717) is 25.0 Å². The van der Waals surface area contributed by atoms with Crippen molar-refractivity contribution < 1.29 is 27.4 Å². The van der Waals surface area contributed by atoms with E-state index in [-0.39, 0.29) is 18.3 Å². The van der Waals surface area contributed by atoms with Crippen LogP contribution in [0.1, 0.15) is 30.4 Å². The molecule has 2 rings (SSSR count). The Labute approximate surface area is 161 Å². The molecule has 1 amide bonds. The third-order valence-electron chi connectivity index (χ3n) is 3.73. The Hall–Kier alpha value is -2.77. The van der Waals surface area contributed by atoms with Crippen molar-refractivity contribution in [2.45, 2.75) is 38.9 Å². The van der Waals surface area contributed by atoms with Crippen LogP contribution in [-0.4, -0.2) is 30.3 Å². The molecule has 0 fully saturated rings. The van der Waals surface area contributed by atoms with Crippen LogP contribution in [0.25, 0.3) is 0 Å². The lowest BCUT2D eigenvalue weighted by atomic mass is 10.2. The van der Waals surface area contributed by atoms with E-state index in [1.54, 1.807) is 6.07 Å². The second-order valence-electron chi connectivity index (χ2n) is 6.30. The Morgan fingerprint density at radius 2 is 1.96 bits per heavy atom. The fourth-order valence-electron chi connectivity index (χ4n) is 2.37. The number of carbonyl (C=O) groups excluding carboxylic acids is 1. The number of hydrogen-bond acceptors (Lipinski definition) is 4. The lowest BCUT2D eigenvalue weighted by Crippen LogP contribution is -2.23. The summed E-state index contributed by atoms with van der Waals surface area (Å²) in [4.78, 5) is 15.6. The van der Waals surface area contributed by atoms with Crippen LogP contribution in [0.15, 0.2) is 42.6 Å². The van der Waals surface area contributed by atoms with Crippen molar-refractivity contribution in [1.82, 2.24) is 10.3 Å². The molecule has 0 radical (unpaired) electrons. The lowest BCUT2D eigenvalue weighted by Gasteiger charge is -2.10. The van der Waals surface area contributed by atoms with Gasteiger partial charge in [-0.05, 0) is 49.1 Å². The highest BCUT2D eigenvalue weighted by atomic mass is 19.4. The summed E-state index contributed by atoms with van der Waals surface area (Å²) in [6, 6.07) is 10.7. The number of amides is 1. The molecule has 1 N–H and O–H groups in total. The van der Waals surface area contributed by atoms with E-state index in [1.165, 1.54) is 12.3 Å². The van der Waals surface area contributed by atoms with Crippen LogP contribution < -0.4 is 14.8 Å². The third-order valence-corrected chi connectivity index (χ3v) is 3.73. The highest BCUT2D eigenvalue weighted by Gasteiger charge is 2.28. The second kappa shape index (κ2) is 10.5. The van der Waals surface area contributed by atoms with Crippen LogP contribution in [0, 0.1) is 6.92 Å². The van der Waals surface area contributed by atoms with Gasteiger partial charge >= 0.3 is 6.18 Å². The standard InChI is InChI=1S/C20H23F3N2O3/c1-15-5-4-6-17(11-15)27-10-3-2-7-18(26)25-13-16-8-9-24-19(12-16)28-14-20(21,22)23/h4-6,8-9,11-12H,2-3,7,10,13-14H2,1H3,(H,25,26). The van der Waals surface area contributed by atoms with Gasteiger partial charge in [0.25, 0.3) is 0 Å². The molecule has 0 bridgehead atoms. The van der Waals surface area contributed by atoms with Crippen molar-refractivity contribution in [3.8, 4) is 11.6 Å². The maximum absolute atomic E-state index is 12.2. The van der Waals surface area contributed by atoms with Crippen LogP contribution in [-0.2, 0) is 11.3 Å². The largest absolute Gasteiger partial charge is 0.494 e. The average molecular weight is 396 g/mol. The molecule has 1 heterocycles. The van der Waals surface area contributed by atoms with E-state index in [1.807, 2.05) is 31.2 Å². The summed E-state index contributed by atoms with van der Waals surface area (Å²) in [5.41, 5.74) is 1.74. The zero-order valence-electron chi connectivity index (χ0n) is 15.6.